The van der Waals surface area contributed by atoms with Crippen LogP contribution < -0.4 is 15.0 Å². The molecule has 0 fully saturated rings. The summed E-state index contributed by atoms with van der Waals surface area (Å²) in [6.45, 7) is 8.39. The van der Waals surface area contributed by atoms with Crippen molar-refractivity contribution in [2.24, 2.45) is 0 Å². The molecule has 0 unspecified atom stereocenters. The standard InChI is InChI=1S/C28H30N2O5/c1-18-21(17-34-22-10-8-20(9-11-22)25-16-26(31)30-35-25)6-5-7-23(18)24-12-13-27(29-19(24)2)33-15-14-28(3,4)32/h5-13,16,32H,14-15,17H2,1-4H3,(H,30,31). The van der Waals surface area contributed by atoms with Gasteiger partial charge in [0.1, 0.15) is 12.4 Å². The fourth-order valence-electron chi connectivity index (χ4n) is 3.74. The molecule has 7 heteroatoms. The first-order valence-electron chi connectivity index (χ1n) is 11.5. The van der Waals surface area contributed by atoms with E-state index in [1.165, 1.54) is 6.07 Å². The van der Waals surface area contributed by atoms with E-state index in [0.717, 1.165) is 39.3 Å². The molecule has 2 N–H and O–H groups in total. The van der Waals surface area contributed by atoms with Crippen LogP contribution >= 0.6 is 0 Å². The Hall–Kier alpha value is -3.84. The van der Waals surface area contributed by atoms with Gasteiger partial charge >= 0.3 is 0 Å². The summed E-state index contributed by atoms with van der Waals surface area (Å²) in [6, 6.07) is 18.9. The van der Waals surface area contributed by atoms with E-state index in [0.29, 0.717) is 31.3 Å². The molecule has 0 spiro atoms. The molecule has 35 heavy (non-hydrogen) atoms. The molecule has 0 saturated carbocycles. The summed E-state index contributed by atoms with van der Waals surface area (Å²) in [5.41, 5.74) is 4.97. The zero-order valence-corrected chi connectivity index (χ0v) is 20.4. The number of aryl methyl sites for hydroxylation is 1. The number of hydrogen-bond donors (Lipinski definition) is 2. The smallest absolute Gasteiger partial charge is 0.280 e. The molecule has 2 heterocycles. The lowest BCUT2D eigenvalue weighted by Gasteiger charge is -2.17. The largest absolute Gasteiger partial charge is 0.489 e. The number of ether oxygens (including phenoxy) is 2. The van der Waals surface area contributed by atoms with Gasteiger partial charge in [-0.25, -0.2) is 4.98 Å². The predicted molar refractivity (Wildman–Crippen MR) is 135 cm³/mol. The van der Waals surface area contributed by atoms with Gasteiger partial charge in [-0.15, -0.1) is 0 Å². The Kier molecular flexibility index (Phi) is 7.07. The molecule has 0 saturated heterocycles. The lowest BCUT2D eigenvalue weighted by Crippen LogP contribution is -2.22. The molecule has 0 amide bonds. The normalized spacial score (nSPS) is 11.5. The molecule has 182 valence electrons. The molecule has 2 aromatic carbocycles. The lowest BCUT2D eigenvalue weighted by atomic mass is 9.96. The van der Waals surface area contributed by atoms with Crippen LogP contribution in [0.4, 0.5) is 0 Å². The van der Waals surface area contributed by atoms with Crippen LogP contribution in [-0.2, 0) is 6.61 Å². The van der Waals surface area contributed by atoms with Gasteiger partial charge in [0.2, 0.25) is 5.88 Å². The Morgan fingerprint density at radius 3 is 2.43 bits per heavy atom. The second-order valence-corrected chi connectivity index (χ2v) is 9.17. The Morgan fingerprint density at radius 1 is 1.00 bits per heavy atom. The van der Waals surface area contributed by atoms with E-state index in [-0.39, 0.29) is 5.56 Å². The quantitative estimate of drug-likeness (QED) is 0.336. The molecule has 7 nitrogen and oxygen atoms in total. The van der Waals surface area contributed by atoms with Crippen LogP contribution in [0.1, 0.15) is 37.1 Å². The van der Waals surface area contributed by atoms with Crippen LogP contribution in [0.2, 0.25) is 0 Å². The van der Waals surface area contributed by atoms with Crippen LogP contribution in [-0.4, -0.2) is 27.5 Å². The summed E-state index contributed by atoms with van der Waals surface area (Å²) >= 11 is 0. The average Bonchev–Trinajstić information content (AvgIpc) is 3.25. The number of H-pyrrole nitrogens is 1. The van der Waals surface area contributed by atoms with Crippen molar-refractivity contribution in [1.82, 2.24) is 10.1 Å². The zero-order chi connectivity index (χ0) is 25.0. The molecule has 4 aromatic rings. The van der Waals surface area contributed by atoms with Gasteiger partial charge in [-0.3, -0.25) is 4.79 Å². The van der Waals surface area contributed by atoms with Crippen molar-refractivity contribution >= 4 is 0 Å². The fraction of sp³-hybridized carbons (Fsp3) is 0.286. The minimum Gasteiger partial charge on any atom is -0.489 e. The lowest BCUT2D eigenvalue weighted by molar-refractivity contribution is 0.0547. The number of nitrogens with zero attached hydrogens (tertiary/aromatic N) is 1. The van der Waals surface area contributed by atoms with Crippen LogP contribution in [0, 0.1) is 13.8 Å². The summed E-state index contributed by atoms with van der Waals surface area (Å²) in [6.07, 6.45) is 0.530. The van der Waals surface area contributed by atoms with Gasteiger partial charge in [-0.2, -0.15) is 5.16 Å². The highest BCUT2D eigenvalue weighted by atomic mass is 16.5. The van der Waals surface area contributed by atoms with Crippen molar-refractivity contribution in [3.05, 3.63) is 87.8 Å². The van der Waals surface area contributed by atoms with Crippen LogP contribution in [0.5, 0.6) is 11.6 Å². The summed E-state index contributed by atoms with van der Waals surface area (Å²) < 4.78 is 16.9. The van der Waals surface area contributed by atoms with E-state index in [1.54, 1.807) is 13.8 Å². The highest BCUT2D eigenvalue weighted by Gasteiger charge is 2.14. The third kappa shape index (κ3) is 6.19. The van der Waals surface area contributed by atoms with E-state index in [1.807, 2.05) is 49.4 Å². The predicted octanol–water partition coefficient (Wildman–Crippen LogP) is 5.43. The van der Waals surface area contributed by atoms with Crippen molar-refractivity contribution in [1.29, 1.82) is 0 Å². The summed E-state index contributed by atoms with van der Waals surface area (Å²) in [7, 11) is 0. The second kappa shape index (κ2) is 10.2. The number of pyridine rings is 1. The van der Waals surface area contributed by atoms with Gasteiger partial charge in [0.25, 0.3) is 5.56 Å². The van der Waals surface area contributed by atoms with E-state index < -0.39 is 5.60 Å². The van der Waals surface area contributed by atoms with Gasteiger partial charge in [-0.1, -0.05) is 18.2 Å². The highest BCUT2D eigenvalue weighted by molar-refractivity contribution is 5.70. The Bertz CT molecular complexity index is 1350. The molecule has 0 aliphatic rings. The second-order valence-electron chi connectivity index (χ2n) is 9.17. The summed E-state index contributed by atoms with van der Waals surface area (Å²) in [5, 5.41) is 12.1. The molecular weight excluding hydrogens is 444 g/mol. The molecule has 4 rings (SSSR count). The number of aliphatic hydroxyl groups is 1. The Labute approximate surface area is 204 Å². The van der Waals surface area contributed by atoms with E-state index in [4.69, 9.17) is 14.0 Å². The Balaban J connectivity index is 1.44. The van der Waals surface area contributed by atoms with E-state index in [9.17, 15) is 9.90 Å². The molecule has 0 aliphatic carbocycles. The third-order valence-corrected chi connectivity index (χ3v) is 5.82. The molecule has 0 atom stereocenters. The first-order valence-corrected chi connectivity index (χ1v) is 11.5. The van der Waals surface area contributed by atoms with Crippen LogP contribution in [0.25, 0.3) is 22.5 Å². The van der Waals surface area contributed by atoms with Gasteiger partial charge in [0.15, 0.2) is 5.76 Å². The maximum Gasteiger partial charge on any atom is 0.280 e. The van der Waals surface area contributed by atoms with Gasteiger partial charge < -0.3 is 19.1 Å². The SMILES string of the molecule is Cc1nc(OCCC(C)(C)O)ccc1-c1cccc(COc2ccc(-c3cc(=O)[nH]o3)cc2)c1C. The van der Waals surface area contributed by atoms with Crippen LogP contribution in [0.15, 0.2) is 70.0 Å². The zero-order valence-electron chi connectivity index (χ0n) is 20.4. The number of benzene rings is 2. The number of aromatic nitrogens is 2. The average molecular weight is 475 g/mol. The first kappa shape index (κ1) is 24.3. The fourth-order valence-corrected chi connectivity index (χ4v) is 3.74. The van der Waals surface area contributed by atoms with E-state index >= 15 is 0 Å². The summed E-state index contributed by atoms with van der Waals surface area (Å²) in [4.78, 5) is 15.9. The van der Waals surface area contributed by atoms with Crippen LogP contribution in [0.3, 0.4) is 0 Å². The maximum atomic E-state index is 11.3. The summed E-state index contributed by atoms with van der Waals surface area (Å²) in [5.74, 6) is 1.76. The van der Waals surface area contributed by atoms with E-state index in [2.05, 4.69) is 29.2 Å². The van der Waals surface area contributed by atoms with Crippen molar-refractivity contribution in [3.63, 3.8) is 0 Å². The molecule has 2 aromatic heterocycles. The van der Waals surface area contributed by atoms with Gasteiger partial charge in [-0.05, 0) is 74.7 Å². The van der Waals surface area contributed by atoms with Crippen molar-refractivity contribution in [3.8, 4) is 34.1 Å². The monoisotopic (exact) mass is 474 g/mol. The third-order valence-electron chi connectivity index (χ3n) is 5.82. The highest BCUT2D eigenvalue weighted by Crippen LogP contribution is 2.30. The minimum absolute atomic E-state index is 0.269. The molecule has 0 aliphatic heterocycles. The van der Waals surface area contributed by atoms with Crippen molar-refractivity contribution < 1.29 is 19.1 Å². The molecule has 0 bridgehead atoms. The Morgan fingerprint density at radius 2 is 1.77 bits per heavy atom. The topological polar surface area (TPSA) is 97.6 Å². The molecular formula is C28H30N2O5. The maximum absolute atomic E-state index is 11.3. The number of rotatable bonds is 9. The number of hydrogen-bond acceptors (Lipinski definition) is 6. The van der Waals surface area contributed by atoms with Gasteiger partial charge in [0, 0.05) is 29.3 Å². The number of nitrogens with one attached hydrogen (secondary N) is 1. The van der Waals surface area contributed by atoms with Gasteiger partial charge in [0.05, 0.1) is 18.3 Å². The minimum atomic E-state index is -0.767. The molecule has 0 radical (unpaired) electrons. The number of aromatic amines is 1. The van der Waals surface area contributed by atoms with Crippen molar-refractivity contribution in [2.75, 3.05) is 6.61 Å². The first-order chi connectivity index (χ1) is 16.7. The van der Waals surface area contributed by atoms with Crippen molar-refractivity contribution in [2.45, 2.75) is 46.3 Å².